The molecular weight excluding hydrogens is 318 g/mol. The second-order valence-corrected chi connectivity index (χ2v) is 7.85. The number of ether oxygens (including phenoxy) is 1. The summed E-state index contributed by atoms with van der Waals surface area (Å²) in [7, 11) is 0. The molecule has 6 heteroatoms. The normalized spacial score (nSPS) is 34.0. The molecule has 1 aromatic heterocycles. The predicted molar refractivity (Wildman–Crippen MR) is 91.7 cm³/mol. The van der Waals surface area contributed by atoms with E-state index >= 15 is 0 Å². The van der Waals surface area contributed by atoms with Crippen molar-refractivity contribution in [3.8, 4) is 5.75 Å². The van der Waals surface area contributed by atoms with Crippen LogP contribution in [0, 0.1) is 23.2 Å². The predicted octanol–water partition coefficient (Wildman–Crippen LogP) is 1.47. The first-order chi connectivity index (χ1) is 12.1. The van der Waals surface area contributed by atoms with Gasteiger partial charge in [0, 0.05) is 37.7 Å². The molecule has 2 amide bonds. The Hall–Kier alpha value is -2.11. The molecule has 2 aliphatic heterocycles. The number of hydrogen-bond donors (Lipinski definition) is 1. The molecule has 1 spiro atoms. The fourth-order valence-corrected chi connectivity index (χ4v) is 4.52. The van der Waals surface area contributed by atoms with E-state index < -0.39 is 5.41 Å². The quantitative estimate of drug-likeness (QED) is 0.899. The zero-order chi connectivity index (χ0) is 17.4. The number of amides is 2. The van der Waals surface area contributed by atoms with Crippen molar-refractivity contribution in [3.05, 3.63) is 24.5 Å². The van der Waals surface area contributed by atoms with Crippen molar-refractivity contribution < 1.29 is 14.3 Å². The standard InChI is InChI=1S/C19H25N3O3/c1-13-7-14(8-13)17(23)22-6-4-19(12-22)15(9-21-18(19)24)11-25-16-3-2-5-20-10-16/h2-3,5,10,13-15H,4,6-9,11-12H2,1H3,(H,21,24)/t13?,14?,15-,19+/m0/s1. The summed E-state index contributed by atoms with van der Waals surface area (Å²) < 4.78 is 5.86. The van der Waals surface area contributed by atoms with Gasteiger partial charge in [-0.1, -0.05) is 6.92 Å². The minimum absolute atomic E-state index is 0.0737. The van der Waals surface area contributed by atoms with Crippen LogP contribution >= 0.6 is 0 Å². The molecular formula is C19H25N3O3. The van der Waals surface area contributed by atoms with Crippen LogP contribution in [-0.4, -0.2) is 47.9 Å². The summed E-state index contributed by atoms with van der Waals surface area (Å²) in [6.07, 6.45) is 6.09. The molecule has 3 fully saturated rings. The first-order valence-electron chi connectivity index (χ1n) is 9.18. The molecule has 134 valence electrons. The van der Waals surface area contributed by atoms with Crippen LogP contribution in [0.1, 0.15) is 26.2 Å². The van der Waals surface area contributed by atoms with E-state index in [2.05, 4.69) is 17.2 Å². The lowest BCUT2D eigenvalue weighted by Gasteiger charge is -2.35. The van der Waals surface area contributed by atoms with Gasteiger partial charge in [0.1, 0.15) is 5.75 Å². The van der Waals surface area contributed by atoms with Gasteiger partial charge in [0.15, 0.2) is 0 Å². The van der Waals surface area contributed by atoms with E-state index in [1.165, 1.54) is 0 Å². The summed E-state index contributed by atoms with van der Waals surface area (Å²) in [5, 5.41) is 2.99. The van der Waals surface area contributed by atoms with E-state index in [0.717, 1.165) is 19.3 Å². The average Bonchev–Trinajstić information content (AvgIpc) is 3.17. The number of nitrogens with zero attached hydrogens (tertiary/aromatic N) is 2. The fourth-order valence-electron chi connectivity index (χ4n) is 4.52. The third-order valence-corrected chi connectivity index (χ3v) is 6.16. The highest BCUT2D eigenvalue weighted by Gasteiger charge is 2.55. The molecule has 6 nitrogen and oxygen atoms in total. The smallest absolute Gasteiger partial charge is 0.228 e. The van der Waals surface area contributed by atoms with E-state index in [1.54, 1.807) is 12.4 Å². The lowest BCUT2D eigenvalue weighted by atomic mass is 9.75. The van der Waals surface area contributed by atoms with Crippen LogP contribution in [0.2, 0.25) is 0 Å². The third kappa shape index (κ3) is 2.87. The number of hydrogen-bond acceptors (Lipinski definition) is 4. The maximum absolute atomic E-state index is 12.7. The Kier molecular flexibility index (Phi) is 4.13. The first-order valence-corrected chi connectivity index (χ1v) is 9.18. The fraction of sp³-hybridized carbons (Fsp3) is 0.632. The van der Waals surface area contributed by atoms with Gasteiger partial charge in [0.25, 0.3) is 0 Å². The highest BCUT2D eigenvalue weighted by atomic mass is 16.5. The highest BCUT2D eigenvalue weighted by molar-refractivity contribution is 5.88. The van der Waals surface area contributed by atoms with Crippen molar-refractivity contribution in [3.63, 3.8) is 0 Å². The molecule has 0 aromatic carbocycles. The van der Waals surface area contributed by atoms with Crippen LogP contribution in [-0.2, 0) is 9.59 Å². The zero-order valence-corrected chi connectivity index (χ0v) is 14.6. The molecule has 2 saturated heterocycles. The average molecular weight is 343 g/mol. The molecule has 1 saturated carbocycles. The van der Waals surface area contributed by atoms with Gasteiger partial charge in [0.2, 0.25) is 11.8 Å². The van der Waals surface area contributed by atoms with Gasteiger partial charge < -0.3 is 15.0 Å². The highest BCUT2D eigenvalue weighted by Crippen LogP contribution is 2.43. The van der Waals surface area contributed by atoms with Crippen LogP contribution < -0.4 is 10.1 Å². The molecule has 3 aliphatic rings. The SMILES string of the molecule is CC1CC(C(=O)N2CC[C@]3(C2)C(=O)NC[C@H]3COc2cccnc2)C1. The maximum atomic E-state index is 12.7. The van der Waals surface area contributed by atoms with E-state index in [0.29, 0.717) is 37.9 Å². The van der Waals surface area contributed by atoms with Crippen molar-refractivity contribution in [2.24, 2.45) is 23.2 Å². The van der Waals surface area contributed by atoms with Gasteiger partial charge in [-0.25, -0.2) is 0 Å². The lowest BCUT2D eigenvalue weighted by molar-refractivity contribution is -0.139. The van der Waals surface area contributed by atoms with Gasteiger partial charge in [-0.3, -0.25) is 14.6 Å². The second-order valence-electron chi connectivity index (χ2n) is 7.85. The van der Waals surface area contributed by atoms with Crippen molar-refractivity contribution >= 4 is 11.8 Å². The first kappa shape index (κ1) is 16.4. The molecule has 0 unspecified atom stereocenters. The van der Waals surface area contributed by atoms with Crippen LogP contribution in [0.4, 0.5) is 0 Å². The van der Waals surface area contributed by atoms with Gasteiger partial charge in [-0.2, -0.15) is 0 Å². The molecule has 0 bridgehead atoms. The van der Waals surface area contributed by atoms with Crippen molar-refractivity contribution in [1.29, 1.82) is 0 Å². The number of rotatable bonds is 4. The van der Waals surface area contributed by atoms with Crippen molar-refractivity contribution in [1.82, 2.24) is 15.2 Å². The topological polar surface area (TPSA) is 71.5 Å². The minimum atomic E-state index is -0.493. The van der Waals surface area contributed by atoms with Crippen molar-refractivity contribution in [2.75, 3.05) is 26.2 Å². The van der Waals surface area contributed by atoms with Gasteiger partial charge in [-0.15, -0.1) is 0 Å². The summed E-state index contributed by atoms with van der Waals surface area (Å²) in [5.41, 5.74) is -0.493. The third-order valence-electron chi connectivity index (χ3n) is 6.16. The Morgan fingerprint density at radius 3 is 3.04 bits per heavy atom. The van der Waals surface area contributed by atoms with Gasteiger partial charge in [0.05, 0.1) is 18.2 Å². The van der Waals surface area contributed by atoms with E-state index in [-0.39, 0.29) is 23.7 Å². The van der Waals surface area contributed by atoms with Gasteiger partial charge in [-0.05, 0) is 37.3 Å². The summed E-state index contributed by atoms with van der Waals surface area (Å²) in [4.78, 5) is 31.2. The molecule has 4 rings (SSSR count). The zero-order valence-electron chi connectivity index (χ0n) is 14.6. The molecule has 1 aromatic rings. The van der Waals surface area contributed by atoms with Crippen LogP contribution in [0.25, 0.3) is 0 Å². The van der Waals surface area contributed by atoms with Crippen LogP contribution in [0.5, 0.6) is 5.75 Å². The summed E-state index contributed by atoms with van der Waals surface area (Å²) in [6.45, 7) is 4.48. The molecule has 1 aliphatic carbocycles. The Balaban J connectivity index is 1.42. The van der Waals surface area contributed by atoms with E-state index in [1.807, 2.05) is 17.0 Å². The largest absolute Gasteiger partial charge is 0.492 e. The summed E-state index contributed by atoms with van der Waals surface area (Å²) in [6, 6.07) is 3.70. The molecule has 0 radical (unpaired) electrons. The molecule has 2 atom stereocenters. The van der Waals surface area contributed by atoms with Crippen molar-refractivity contribution in [2.45, 2.75) is 26.2 Å². The monoisotopic (exact) mass is 343 g/mol. The maximum Gasteiger partial charge on any atom is 0.228 e. The van der Waals surface area contributed by atoms with Crippen LogP contribution in [0.15, 0.2) is 24.5 Å². The minimum Gasteiger partial charge on any atom is -0.492 e. The van der Waals surface area contributed by atoms with E-state index in [4.69, 9.17) is 4.74 Å². The Morgan fingerprint density at radius 1 is 1.48 bits per heavy atom. The lowest BCUT2D eigenvalue weighted by Crippen LogP contribution is -2.44. The number of carbonyl (C=O) groups is 2. The molecule has 3 heterocycles. The summed E-state index contributed by atoms with van der Waals surface area (Å²) >= 11 is 0. The second kappa shape index (κ2) is 6.32. The number of nitrogens with one attached hydrogen (secondary N) is 1. The molecule has 25 heavy (non-hydrogen) atoms. The molecule has 1 N–H and O–H groups in total. The Labute approximate surface area is 147 Å². The number of carbonyl (C=O) groups excluding carboxylic acids is 2. The summed E-state index contributed by atoms with van der Waals surface area (Å²) in [5.74, 6) is 1.93. The van der Waals surface area contributed by atoms with E-state index in [9.17, 15) is 9.59 Å². The number of aromatic nitrogens is 1. The van der Waals surface area contributed by atoms with Gasteiger partial charge >= 0.3 is 0 Å². The Morgan fingerprint density at radius 2 is 2.32 bits per heavy atom. The van der Waals surface area contributed by atoms with Crippen LogP contribution in [0.3, 0.4) is 0 Å². The number of likely N-dealkylation sites (tertiary alicyclic amines) is 1. The Bertz CT molecular complexity index is 659. The number of pyridine rings is 1.